The highest BCUT2D eigenvalue weighted by Gasteiger charge is 2.13. The molecule has 0 atom stereocenters. The number of rotatable bonds is 4. The lowest BCUT2D eigenvalue weighted by atomic mass is 9.87. The van der Waals surface area contributed by atoms with Crippen LogP contribution in [0.15, 0.2) is 72.8 Å². The Bertz CT molecular complexity index is 1010. The molecule has 0 radical (unpaired) electrons. The molecule has 0 aliphatic carbocycles. The topological polar surface area (TPSA) is 58.2 Å². The number of nitrogens with one attached hydrogen (secondary N) is 2. The fourth-order valence-electron chi connectivity index (χ4n) is 3.05. The smallest absolute Gasteiger partial charge is 0.255 e. The minimum atomic E-state index is -0.146. The summed E-state index contributed by atoms with van der Waals surface area (Å²) in [7, 11) is 0. The number of carbonyl (C=O) groups is 2. The first-order valence-corrected chi connectivity index (χ1v) is 9.62. The van der Waals surface area contributed by atoms with E-state index in [1.807, 2.05) is 60.7 Å². The van der Waals surface area contributed by atoms with Crippen LogP contribution in [0.1, 0.15) is 43.6 Å². The van der Waals surface area contributed by atoms with Crippen LogP contribution in [0.3, 0.4) is 0 Å². The number of hydrogen-bond donors (Lipinski definition) is 2. The Morgan fingerprint density at radius 1 is 0.724 bits per heavy atom. The third kappa shape index (κ3) is 5.32. The van der Waals surface area contributed by atoms with Crippen LogP contribution in [0.25, 0.3) is 11.1 Å². The van der Waals surface area contributed by atoms with Gasteiger partial charge in [0, 0.05) is 23.9 Å². The maximum absolute atomic E-state index is 12.6. The van der Waals surface area contributed by atoms with Crippen molar-refractivity contribution in [3.63, 3.8) is 0 Å². The Balaban J connectivity index is 1.71. The zero-order valence-electron chi connectivity index (χ0n) is 17.2. The average Bonchev–Trinajstić information content (AvgIpc) is 2.67. The first-order valence-electron chi connectivity index (χ1n) is 9.62. The third-order valence-corrected chi connectivity index (χ3v) is 4.67. The van der Waals surface area contributed by atoms with E-state index in [4.69, 9.17) is 0 Å². The first kappa shape index (κ1) is 20.3. The molecule has 2 N–H and O–H groups in total. The summed E-state index contributed by atoms with van der Waals surface area (Å²) >= 11 is 0. The van der Waals surface area contributed by atoms with Gasteiger partial charge in [-0.1, -0.05) is 57.2 Å². The molecule has 4 heteroatoms. The van der Waals surface area contributed by atoms with Gasteiger partial charge in [-0.05, 0) is 58.5 Å². The van der Waals surface area contributed by atoms with Gasteiger partial charge in [0.2, 0.25) is 5.91 Å². The Morgan fingerprint density at radius 2 is 1.38 bits per heavy atom. The molecule has 0 aromatic heterocycles. The predicted molar refractivity (Wildman–Crippen MR) is 119 cm³/mol. The molecule has 29 heavy (non-hydrogen) atoms. The highest BCUT2D eigenvalue weighted by atomic mass is 16.2. The Hall–Kier alpha value is -3.40. The molecule has 0 saturated heterocycles. The van der Waals surface area contributed by atoms with Crippen LogP contribution in [-0.4, -0.2) is 11.8 Å². The number of benzene rings is 3. The lowest BCUT2D eigenvalue weighted by molar-refractivity contribution is -0.114. The van der Waals surface area contributed by atoms with Gasteiger partial charge in [-0.3, -0.25) is 9.59 Å². The summed E-state index contributed by atoms with van der Waals surface area (Å²) < 4.78 is 0. The standard InChI is InChI=1S/C25H26N2O2/c1-17(28)26-23-7-5-6-20(16-23)18-8-10-19(11-9-18)24(29)27-22-14-12-21(13-15-22)25(2,3)4/h5-16H,1-4H3,(H,26,28)(H,27,29). The number of hydrogen-bond acceptors (Lipinski definition) is 2. The van der Waals surface area contributed by atoms with Crippen LogP contribution in [-0.2, 0) is 10.2 Å². The van der Waals surface area contributed by atoms with E-state index in [0.717, 1.165) is 22.5 Å². The fraction of sp³-hybridized carbons (Fsp3) is 0.200. The van der Waals surface area contributed by atoms with Gasteiger partial charge in [0.1, 0.15) is 0 Å². The number of amides is 2. The van der Waals surface area contributed by atoms with Crippen molar-refractivity contribution < 1.29 is 9.59 Å². The summed E-state index contributed by atoms with van der Waals surface area (Å²) in [6.45, 7) is 7.97. The molecular weight excluding hydrogens is 360 g/mol. The molecule has 2 amide bonds. The molecule has 3 aromatic rings. The van der Waals surface area contributed by atoms with E-state index in [9.17, 15) is 9.59 Å². The van der Waals surface area contributed by atoms with E-state index >= 15 is 0 Å². The van der Waals surface area contributed by atoms with Crippen LogP contribution < -0.4 is 10.6 Å². The summed E-state index contributed by atoms with van der Waals surface area (Å²) in [5, 5.41) is 5.72. The van der Waals surface area contributed by atoms with E-state index in [2.05, 4.69) is 31.4 Å². The van der Waals surface area contributed by atoms with Crippen LogP contribution in [0.4, 0.5) is 11.4 Å². The van der Waals surface area contributed by atoms with Gasteiger partial charge in [-0.15, -0.1) is 0 Å². The van der Waals surface area contributed by atoms with Gasteiger partial charge in [-0.2, -0.15) is 0 Å². The van der Waals surface area contributed by atoms with Gasteiger partial charge in [-0.25, -0.2) is 0 Å². The molecule has 0 unspecified atom stereocenters. The van der Waals surface area contributed by atoms with Gasteiger partial charge < -0.3 is 10.6 Å². The molecule has 3 rings (SSSR count). The van der Waals surface area contributed by atoms with Crippen molar-refractivity contribution in [1.29, 1.82) is 0 Å². The summed E-state index contributed by atoms with van der Waals surface area (Å²) in [5.41, 5.74) is 5.36. The molecule has 0 aliphatic rings. The average molecular weight is 386 g/mol. The zero-order valence-corrected chi connectivity index (χ0v) is 17.2. The van der Waals surface area contributed by atoms with Crippen LogP contribution in [0, 0.1) is 0 Å². The summed E-state index contributed by atoms with van der Waals surface area (Å²) in [6, 6.07) is 23.0. The van der Waals surface area contributed by atoms with Crippen molar-refractivity contribution in [2.24, 2.45) is 0 Å². The van der Waals surface area contributed by atoms with Crippen LogP contribution in [0.2, 0.25) is 0 Å². The molecule has 3 aromatic carbocycles. The third-order valence-electron chi connectivity index (χ3n) is 4.67. The van der Waals surface area contributed by atoms with Crippen molar-refractivity contribution >= 4 is 23.2 Å². The van der Waals surface area contributed by atoms with E-state index in [1.54, 1.807) is 12.1 Å². The summed E-state index contributed by atoms with van der Waals surface area (Å²) in [6.07, 6.45) is 0. The summed E-state index contributed by atoms with van der Waals surface area (Å²) in [5.74, 6) is -0.253. The second-order valence-electron chi connectivity index (χ2n) is 8.12. The molecule has 148 valence electrons. The maximum Gasteiger partial charge on any atom is 0.255 e. The van der Waals surface area contributed by atoms with Gasteiger partial charge in [0.15, 0.2) is 0 Å². The van der Waals surface area contributed by atoms with Gasteiger partial charge >= 0.3 is 0 Å². The number of anilines is 2. The Kier molecular flexibility index (Phi) is 5.83. The minimum Gasteiger partial charge on any atom is -0.326 e. The van der Waals surface area contributed by atoms with E-state index < -0.39 is 0 Å². The SMILES string of the molecule is CC(=O)Nc1cccc(-c2ccc(C(=O)Nc3ccc(C(C)(C)C)cc3)cc2)c1. The molecule has 0 saturated carbocycles. The quantitative estimate of drug-likeness (QED) is 0.590. The highest BCUT2D eigenvalue weighted by Crippen LogP contribution is 2.25. The molecule has 0 aliphatic heterocycles. The second kappa shape index (κ2) is 8.31. The summed E-state index contributed by atoms with van der Waals surface area (Å²) in [4.78, 5) is 23.8. The Morgan fingerprint density at radius 3 is 1.97 bits per heavy atom. The lowest BCUT2D eigenvalue weighted by Crippen LogP contribution is -2.13. The Labute approximate surface area is 172 Å². The minimum absolute atomic E-state index is 0.0790. The lowest BCUT2D eigenvalue weighted by Gasteiger charge is -2.19. The van der Waals surface area contributed by atoms with Crippen LogP contribution >= 0.6 is 0 Å². The number of carbonyl (C=O) groups excluding carboxylic acids is 2. The van der Waals surface area contributed by atoms with E-state index in [-0.39, 0.29) is 17.2 Å². The largest absolute Gasteiger partial charge is 0.326 e. The van der Waals surface area contributed by atoms with Crippen molar-refractivity contribution in [2.75, 3.05) is 10.6 Å². The van der Waals surface area contributed by atoms with E-state index in [0.29, 0.717) is 5.56 Å². The molecule has 0 heterocycles. The fourth-order valence-corrected chi connectivity index (χ4v) is 3.05. The predicted octanol–water partition coefficient (Wildman–Crippen LogP) is 5.86. The monoisotopic (exact) mass is 386 g/mol. The molecule has 0 bridgehead atoms. The van der Waals surface area contributed by atoms with Gasteiger partial charge in [0.05, 0.1) is 0 Å². The van der Waals surface area contributed by atoms with Crippen molar-refractivity contribution in [2.45, 2.75) is 33.1 Å². The molecule has 0 spiro atoms. The first-order chi connectivity index (χ1) is 13.7. The van der Waals surface area contributed by atoms with Gasteiger partial charge in [0.25, 0.3) is 5.91 Å². The van der Waals surface area contributed by atoms with Crippen molar-refractivity contribution in [1.82, 2.24) is 0 Å². The van der Waals surface area contributed by atoms with Crippen LogP contribution in [0.5, 0.6) is 0 Å². The second-order valence-corrected chi connectivity index (χ2v) is 8.12. The highest BCUT2D eigenvalue weighted by molar-refractivity contribution is 6.04. The van der Waals surface area contributed by atoms with E-state index in [1.165, 1.54) is 12.5 Å². The van der Waals surface area contributed by atoms with Crippen molar-refractivity contribution in [3.8, 4) is 11.1 Å². The molecule has 0 fully saturated rings. The van der Waals surface area contributed by atoms with Crippen molar-refractivity contribution in [3.05, 3.63) is 83.9 Å². The normalized spacial score (nSPS) is 11.0. The molecular formula is C25H26N2O2. The maximum atomic E-state index is 12.6. The molecule has 4 nitrogen and oxygen atoms in total. The zero-order chi connectivity index (χ0) is 21.0.